The van der Waals surface area contributed by atoms with Crippen molar-refractivity contribution in [1.82, 2.24) is 10.6 Å². The summed E-state index contributed by atoms with van der Waals surface area (Å²) >= 11 is 0. The predicted octanol–water partition coefficient (Wildman–Crippen LogP) is 0.441. The lowest BCUT2D eigenvalue weighted by molar-refractivity contribution is -0.143. The Morgan fingerprint density at radius 3 is 2.37 bits per heavy atom. The van der Waals surface area contributed by atoms with Crippen molar-refractivity contribution in [1.29, 1.82) is 0 Å². The summed E-state index contributed by atoms with van der Waals surface area (Å²) in [4.78, 5) is 33.0. The third-order valence-corrected chi connectivity index (χ3v) is 2.93. The molecule has 0 aromatic heterocycles. The van der Waals surface area contributed by atoms with Crippen molar-refractivity contribution in [2.75, 3.05) is 6.54 Å². The largest absolute Gasteiger partial charge is 0.480 e. The molecule has 7 nitrogen and oxygen atoms in total. The third kappa shape index (κ3) is 8.01. The van der Waals surface area contributed by atoms with Crippen molar-refractivity contribution in [3.8, 4) is 0 Å². The van der Waals surface area contributed by atoms with E-state index in [2.05, 4.69) is 10.6 Å². The number of nitrogens with one attached hydrogen (secondary N) is 2. The van der Waals surface area contributed by atoms with Gasteiger partial charge in [-0.25, -0.2) is 9.59 Å². The minimum atomic E-state index is -1.02. The molecule has 0 saturated carbocycles. The van der Waals surface area contributed by atoms with Gasteiger partial charge in [0.25, 0.3) is 0 Å². The summed E-state index contributed by atoms with van der Waals surface area (Å²) in [5.41, 5.74) is 4.89. The number of carbonyl (C=O) groups is 3. The van der Waals surface area contributed by atoms with Crippen molar-refractivity contribution in [3.05, 3.63) is 0 Å². The maximum atomic E-state index is 11.6. The number of unbranched alkanes of at least 4 members (excludes halogenated alkanes) is 1. The molecule has 0 unspecified atom stereocenters. The molecule has 0 rings (SSSR count). The second-order valence-electron chi connectivity index (χ2n) is 4.52. The number of hydrogen-bond donors (Lipinski definition) is 4. The van der Waals surface area contributed by atoms with Crippen LogP contribution in [0.3, 0.4) is 0 Å². The number of carbonyl (C=O) groups excluding carboxylic acids is 2. The number of urea groups is 1. The Balaban J connectivity index is 3.94. The molecule has 0 spiro atoms. The van der Waals surface area contributed by atoms with Crippen molar-refractivity contribution in [2.45, 2.75) is 45.6 Å². The molecule has 0 radical (unpaired) electrons. The average Bonchev–Trinajstić information content (AvgIpc) is 2.33. The highest BCUT2D eigenvalue weighted by atomic mass is 16.4. The standard InChI is InChI=1S/C12H23N3O4/c1-3-8(2)10(11(17)18)15-9(16)6-4-5-7-14-12(13)19/h8,10H,3-7H2,1-2H3,(H,15,16)(H,17,18)(H3,13,14,19)/t8-,10-/m0/s1. The first-order chi connectivity index (χ1) is 8.88. The van der Waals surface area contributed by atoms with Gasteiger partial charge in [0, 0.05) is 13.0 Å². The average molecular weight is 273 g/mol. The number of aliphatic carboxylic acids is 1. The van der Waals surface area contributed by atoms with E-state index >= 15 is 0 Å². The SMILES string of the molecule is CC[C@H](C)[C@H](NC(=O)CCCCNC(N)=O)C(=O)O. The van der Waals surface area contributed by atoms with Gasteiger partial charge in [0.2, 0.25) is 5.91 Å². The predicted molar refractivity (Wildman–Crippen MR) is 70.5 cm³/mol. The normalized spacial score (nSPS) is 13.4. The van der Waals surface area contributed by atoms with E-state index in [1.165, 1.54) is 0 Å². The van der Waals surface area contributed by atoms with Crippen LogP contribution in [0.15, 0.2) is 0 Å². The highest BCUT2D eigenvalue weighted by Gasteiger charge is 2.24. The fraction of sp³-hybridized carbons (Fsp3) is 0.750. The Morgan fingerprint density at radius 1 is 1.26 bits per heavy atom. The second kappa shape index (κ2) is 9.18. The van der Waals surface area contributed by atoms with Crippen LogP contribution in [-0.2, 0) is 9.59 Å². The Morgan fingerprint density at radius 2 is 1.89 bits per heavy atom. The number of rotatable bonds is 9. The van der Waals surface area contributed by atoms with E-state index in [9.17, 15) is 14.4 Å². The highest BCUT2D eigenvalue weighted by molar-refractivity contribution is 5.83. The van der Waals surface area contributed by atoms with Gasteiger partial charge in [0.15, 0.2) is 0 Å². The van der Waals surface area contributed by atoms with Crippen molar-refractivity contribution < 1.29 is 19.5 Å². The van der Waals surface area contributed by atoms with Gasteiger partial charge in [-0.1, -0.05) is 20.3 Å². The van der Waals surface area contributed by atoms with E-state index < -0.39 is 18.0 Å². The summed E-state index contributed by atoms with van der Waals surface area (Å²) in [6, 6.07) is -1.44. The van der Waals surface area contributed by atoms with Crippen LogP contribution in [0.1, 0.15) is 39.5 Å². The maximum absolute atomic E-state index is 11.6. The molecule has 2 atom stereocenters. The van der Waals surface area contributed by atoms with E-state index in [1.807, 2.05) is 6.92 Å². The van der Waals surface area contributed by atoms with Crippen LogP contribution in [0.5, 0.6) is 0 Å². The van der Waals surface area contributed by atoms with Gasteiger partial charge >= 0.3 is 12.0 Å². The molecule has 0 heterocycles. The Bertz CT molecular complexity index is 320. The number of primary amides is 1. The molecule has 0 saturated heterocycles. The first-order valence-corrected chi connectivity index (χ1v) is 6.44. The van der Waals surface area contributed by atoms with Crippen LogP contribution in [0.2, 0.25) is 0 Å². The van der Waals surface area contributed by atoms with Gasteiger partial charge in [-0.15, -0.1) is 0 Å². The molecule has 110 valence electrons. The van der Waals surface area contributed by atoms with E-state index in [1.54, 1.807) is 6.92 Å². The van der Waals surface area contributed by atoms with Crippen molar-refractivity contribution >= 4 is 17.9 Å². The van der Waals surface area contributed by atoms with Crippen LogP contribution >= 0.6 is 0 Å². The molecule has 0 fully saturated rings. The zero-order valence-corrected chi connectivity index (χ0v) is 11.4. The molecule has 0 aliphatic carbocycles. The summed E-state index contributed by atoms with van der Waals surface area (Å²) in [5, 5.41) is 14.0. The van der Waals surface area contributed by atoms with Gasteiger partial charge in [0.1, 0.15) is 6.04 Å². The Hall–Kier alpha value is -1.79. The van der Waals surface area contributed by atoms with Crippen LogP contribution in [0.25, 0.3) is 0 Å². The van der Waals surface area contributed by atoms with Crippen LogP contribution < -0.4 is 16.4 Å². The minimum Gasteiger partial charge on any atom is -0.480 e. The summed E-state index contributed by atoms with van der Waals surface area (Å²) < 4.78 is 0. The lowest BCUT2D eigenvalue weighted by Crippen LogP contribution is -2.44. The smallest absolute Gasteiger partial charge is 0.326 e. The quantitative estimate of drug-likeness (QED) is 0.455. The molecule has 0 aliphatic heterocycles. The fourth-order valence-electron chi connectivity index (χ4n) is 1.55. The molecule has 0 aromatic rings. The molecule has 19 heavy (non-hydrogen) atoms. The molecule has 0 bridgehead atoms. The first-order valence-electron chi connectivity index (χ1n) is 6.44. The zero-order chi connectivity index (χ0) is 14.8. The van der Waals surface area contributed by atoms with Crippen LogP contribution in [0.4, 0.5) is 4.79 Å². The van der Waals surface area contributed by atoms with Gasteiger partial charge in [0.05, 0.1) is 0 Å². The summed E-state index contributed by atoms with van der Waals surface area (Å²) in [6.45, 7) is 4.08. The van der Waals surface area contributed by atoms with Gasteiger partial charge < -0.3 is 21.5 Å². The fourth-order valence-corrected chi connectivity index (χ4v) is 1.55. The molecule has 0 aromatic carbocycles. The molecule has 7 heteroatoms. The third-order valence-electron chi connectivity index (χ3n) is 2.93. The van der Waals surface area contributed by atoms with Gasteiger partial charge in [-0.3, -0.25) is 4.79 Å². The van der Waals surface area contributed by atoms with Crippen molar-refractivity contribution in [3.63, 3.8) is 0 Å². The summed E-state index contributed by atoms with van der Waals surface area (Å²) in [7, 11) is 0. The van der Waals surface area contributed by atoms with Gasteiger partial charge in [-0.05, 0) is 18.8 Å². The molecule has 5 N–H and O–H groups in total. The highest BCUT2D eigenvalue weighted by Crippen LogP contribution is 2.08. The molecular weight excluding hydrogens is 250 g/mol. The Labute approximate surface area is 112 Å². The van der Waals surface area contributed by atoms with E-state index in [-0.39, 0.29) is 18.2 Å². The van der Waals surface area contributed by atoms with E-state index in [4.69, 9.17) is 10.8 Å². The molecule has 3 amide bonds. The van der Waals surface area contributed by atoms with Crippen LogP contribution in [0, 0.1) is 5.92 Å². The topological polar surface area (TPSA) is 122 Å². The lowest BCUT2D eigenvalue weighted by atomic mass is 9.99. The number of carboxylic acids is 1. The Kier molecular flexibility index (Phi) is 8.32. The first kappa shape index (κ1) is 17.2. The van der Waals surface area contributed by atoms with E-state index in [0.29, 0.717) is 25.8 Å². The number of amides is 3. The molecule has 0 aliphatic rings. The van der Waals surface area contributed by atoms with E-state index in [0.717, 1.165) is 0 Å². The summed E-state index contributed by atoms with van der Waals surface area (Å²) in [5.74, 6) is -1.41. The number of carboxylic acid groups (broad SMARTS) is 1. The molecular formula is C12H23N3O4. The van der Waals surface area contributed by atoms with Crippen molar-refractivity contribution in [2.24, 2.45) is 11.7 Å². The number of nitrogens with two attached hydrogens (primary N) is 1. The second-order valence-corrected chi connectivity index (χ2v) is 4.52. The van der Waals surface area contributed by atoms with Gasteiger partial charge in [-0.2, -0.15) is 0 Å². The monoisotopic (exact) mass is 273 g/mol. The number of hydrogen-bond acceptors (Lipinski definition) is 3. The van der Waals surface area contributed by atoms with Crippen LogP contribution in [-0.4, -0.2) is 35.6 Å². The lowest BCUT2D eigenvalue weighted by Gasteiger charge is -2.20. The maximum Gasteiger partial charge on any atom is 0.326 e. The zero-order valence-electron chi connectivity index (χ0n) is 11.4. The summed E-state index contributed by atoms with van der Waals surface area (Å²) in [6.07, 6.45) is 2.11. The minimum absolute atomic E-state index is 0.113.